The summed E-state index contributed by atoms with van der Waals surface area (Å²) in [5, 5.41) is 0. The van der Waals surface area contributed by atoms with Crippen molar-refractivity contribution >= 4 is 0 Å². The van der Waals surface area contributed by atoms with Crippen molar-refractivity contribution in [2.45, 2.75) is 149 Å². The van der Waals surface area contributed by atoms with Crippen LogP contribution in [0.25, 0.3) is 0 Å². The van der Waals surface area contributed by atoms with Gasteiger partial charge < -0.3 is 0 Å². The van der Waals surface area contributed by atoms with Gasteiger partial charge in [0.25, 0.3) is 0 Å². The SMILES string of the molecule is CCCCCCCCCCCC=CCCCCCCCCCCCC. The molecule has 0 aliphatic rings. The molecule has 0 aliphatic carbocycles. The molecule has 0 aromatic carbocycles. The molecule has 150 valence electrons. The van der Waals surface area contributed by atoms with E-state index in [0.29, 0.717) is 0 Å². The van der Waals surface area contributed by atoms with E-state index in [2.05, 4.69) is 26.0 Å². The monoisotopic (exact) mass is 350 g/mol. The van der Waals surface area contributed by atoms with E-state index in [1.165, 1.54) is 135 Å². The molecule has 0 saturated carbocycles. The predicted octanol–water partition coefficient (Wildman–Crippen LogP) is 9.77. The van der Waals surface area contributed by atoms with Crippen LogP contribution in [0.3, 0.4) is 0 Å². The molecule has 0 aliphatic heterocycles. The summed E-state index contributed by atoms with van der Waals surface area (Å²) in [5.41, 5.74) is 0. The Morgan fingerprint density at radius 2 is 0.560 bits per heavy atom. The van der Waals surface area contributed by atoms with E-state index in [0.717, 1.165) is 0 Å². The van der Waals surface area contributed by atoms with Crippen molar-refractivity contribution in [2.24, 2.45) is 0 Å². The van der Waals surface area contributed by atoms with Crippen LogP contribution in [0, 0.1) is 0 Å². The molecule has 0 heteroatoms. The van der Waals surface area contributed by atoms with Gasteiger partial charge in [-0.1, -0.05) is 135 Å². The van der Waals surface area contributed by atoms with Crippen LogP contribution in [0.15, 0.2) is 12.2 Å². The Hall–Kier alpha value is -0.260. The molecule has 0 aromatic rings. The maximum absolute atomic E-state index is 2.44. The molecule has 0 atom stereocenters. The second-order valence-corrected chi connectivity index (χ2v) is 8.06. The first kappa shape index (κ1) is 24.7. The minimum atomic E-state index is 1.31. The van der Waals surface area contributed by atoms with Gasteiger partial charge in [-0.15, -0.1) is 0 Å². The second-order valence-electron chi connectivity index (χ2n) is 8.06. The third-order valence-electron chi connectivity index (χ3n) is 5.37. The van der Waals surface area contributed by atoms with Gasteiger partial charge in [0, 0.05) is 0 Å². The lowest BCUT2D eigenvalue weighted by molar-refractivity contribution is 0.557. The van der Waals surface area contributed by atoms with Crippen LogP contribution in [-0.4, -0.2) is 0 Å². The van der Waals surface area contributed by atoms with Crippen LogP contribution < -0.4 is 0 Å². The van der Waals surface area contributed by atoms with Gasteiger partial charge in [-0.05, 0) is 25.7 Å². The second kappa shape index (κ2) is 23.7. The molecule has 0 fully saturated rings. The summed E-state index contributed by atoms with van der Waals surface area (Å²) >= 11 is 0. The van der Waals surface area contributed by atoms with E-state index in [-0.39, 0.29) is 0 Å². The molecule has 0 unspecified atom stereocenters. The summed E-state index contributed by atoms with van der Waals surface area (Å²) in [6.45, 7) is 4.59. The number of unbranched alkanes of at least 4 members (excludes halogenated alkanes) is 19. The fraction of sp³-hybridized carbons (Fsp3) is 0.920. The Bertz CT molecular complexity index is 240. The summed E-state index contributed by atoms with van der Waals surface area (Å²) in [5.74, 6) is 0. The molecule has 0 saturated heterocycles. The van der Waals surface area contributed by atoms with Crippen molar-refractivity contribution in [3.63, 3.8) is 0 Å². The fourth-order valence-corrected chi connectivity index (χ4v) is 3.56. The van der Waals surface area contributed by atoms with E-state index in [4.69, 9.17) is 0 Å². The zero-order valence-electron chi connectivity index (χ0n) is 18.0. The molecule has 0 nitrogen and oxygen atoms in total. The summed E-state index contributed by atoms with van der Waals surface area (Å²) in [7, 11) is 0. The van der Waals surface area contributed by atoms with E-state index in [1.807, 2.05) is 0 Å². The summed E-state index contributed by atoms with van der Waals surface area (Å²) in [6, 6.07) is 0. The van der Waals surface area contributed by atoms with Gasteiger partial charge in [-0.2, -0.15) is 0 Å². The highest BCUT2D eigenvalue weighted by molar-refractivity contribution is 4.81. The number of rotatable bonds is 21. The average molecular weight is 351 g/mol. The van der Waals surface area contributed by atoms with Crippen molar-refractivity contribution in [1.82, 2.24) is 0 Å². The van der Waals surface area contributed by atoms with Crippen LogP contribution in [0.2, 0.25) is 0 Å². The van der Waals surface area contributed by atoms with Crippen molar-refractivity contribution in [3.8, 4) is 0 Å². The standard InChI is InChI=1S/C25H50/c1-3-5-7-9-11-13-15-17-19-21-23-25-24-22-20-18-16-14-12-10-8-6-4-2/h23,25H,3-22,24H2,1-2H3. The minimum absolute atomic E-state index is 1.31. The maximum atomic E-state index is 2.44. The van der Waals surface area contributed by atoms with Gasteiger partial charge in [-0.25, -0.2) is 0 Å². The van der Waals surface area contributed by atoms with E-state index < -0.39 is 0 Å². The van der Waals surface area contributed by atoms with Crippen molar-refractivity contribution in [1.29, 1.82) is 0 Å². The molecule has 0 heterocycles. The van der Waals surface area contributed by atoms with Gasteiger partial charge in [0.2, 0.25) is 0 Å². The Kier molecular flexibility index (Phi) is 23.5. The predicted molar refractivity (Wildman–Crippen MR) is 117 cm³/mol. The van der Waals surface area contributed by atoms with Gasteiger partial charge in [0.1, 0.15) is 0 Å². The highest BCUT2D eigenvalue weighted by Gasteiger charge is 1.93. The molecule has 0 aromatic heterocycles. The first-order valence-electron chi connectivity index (χ1n) is 12.1. The highest BCUT2D eigenvalue weighted by Crippen LogP contribution is 2.12. The van der Waals surface area contributed by atoms with Crippen LogP contribution in [0.4, 0.5) is 0 Å². The van der Waals surface area contributed by atoms with Crippen LogP contribution in [0.5, 0.6) is 0 Å². The van der Waals surface area contributed by atoms with Crippen molar-refractivity contribution < 1.29 is 0 Å². The molecule has 25 heavy (non-hydrogen) atoms. The van der Waals surface area contributed by atoms with Crippen LogP contribution in [-0.2, 0) is 0 Å². The van der Waals surface area contributed by atoms with Crippen molar-refractivity contribution in [2.75, 3.05) is 0 Å². The Morgan fingerprint density at radius 1 is 0.320 bits per heavy atom. The molecule has 0 bridgehead atoms. The molecular weight excluding hydrogens is 300 g/mol. The van der Waals surface area contributed by atoms with Crippen LogP contribution in [0.1, 0.15) is 149 Å². The van der Waals surface area contributed by atoms with Crippen molar-refractivity contribution in [3.05, 3.63) is 12.2 Å². The third kappa shape index (κ3) is 23.7. The quantitative estimate of drug-likeness (QED) is 0.143. The normalized spacial score (nSPS) is 11.6. The lowest BCUT2D eigenvalue weighted by atomic mass is 10.1. The minimum Gasteiger partial charge on any atom is -0.0885 e. The first-order chi connectivity index (χ1) is 12.4. The molecule has 0 radical (unpaired) electrons. The van der Waals surface area contributed by atoms with Gasteiger partial charge in [0.05, 0.1) is 0 Å². The third-order valence-corrected chi connectivity index (χ3v) is 5.37. The lowest BCUT2D eigenvalue weighted by Gasteiger charge is -2.01. The maximum Gasteiger partial charge on any atom is -0.0351 e. The fourth-order valence-electron chi connectivity index (χ4n) is 3.56. The van der Waals surface area contributed by atoms with Crippen LogP contribution >= 0.6 is 0 Å². The van der Waals surface area contributed by atoms with E-state index in [1.54, 1.807) is 0 Å². The summed E-state index contributed by atoms with van der Waals surface area (Å²) < 4.78 is 0. The Morgan fingerprint density at radius 3 is 0.840 bits per heavy atom. The Labute approximate surface area is 161 Å². The summed E-state index contributed by atoms with van der Waals surface area (Å²) in [6.07, 6.45) is 34.9. The molecule has 0 N–H and O–H groups in total. The zero-order valence-corrected chi connectivity index (χ0v) is 18.0. The molecule has 0 spiro atoms. The largest absolute Gasteiger partial charge is 0.0885 e. The molecular formula is C25H50. The van der Waals surface area contributed by atoms with E-state index >= 15 is 0 Å². The number of allylic oxidation sites excluding steroid dienone is 2. The zero-order chi connectivity index (χ0) is 18.3. The van der Waals surface area contributed by atoms with Gasteiger partial charge in [-0.3, -0.25) is 0 Å². The van der Waals surface area contributed by atoms with E-state index in [9.17, 15) is 0 Å². The summed E-state index contributed by atoms with van der Waals surface area (Å²) in [4.78, 5) is 0. The average Bonchev–Trinajstić information content (AvgIpc) is 2.63. The topological polar surface area (TPSA) is 0 Å². The molecule has 0 rings (SSSR count). The van der Waals surface area contributed by atoms with Gasteiger partial charge >= 0.3 is 0 Å². The van der Waals surface area contributed by atoms with Gasteiger partial charge in [0.15, 0.2) is 0 Å². The smallest absolute Gasteiger partial charge is 0.0351 e. The molecule has 0 amide bonds. The number of hydrogen-bond donors (Lipinski definition) is 0. The first-order valence-corrected chi connectivity index (χ1v) is 12.1. The lowest BCUT2D eigenvalue weighted by Crippen LogP contribution is -1.81. The Balaban J connectivity index is 3.04. The number of hydrogen-bond acceptors (Lipinski definition) is 0. The highest BCUT2D eigenvalue weighted by atomic mass is 14.0.